The van der Waals surface area contributed by atoms with Crippen LogP contribution in [0.4, 0.5) is 17.1 Å². The van der Waals surface area contributed by atoms with Gasteiger partial charge in [-0.25, -0.2) is 0 Å². The molecule has 0 atom stereocenters. The minimum Gasteiger partial charge on any atom is -0.310 e. The fraction of sp³-hybridized carbons (Fsp3) is 0.0169. The highest BCUT2D eigenvalue weighted by Gasteiger charge is 2.47. The number of fused-ring (bicyclic) bond motifs is 5. The van der Waals surface area contributed by atoms with Gasteiger partial charge in [0.15, 0.2) is 0 Å². The fourth-order valence-electron chi connectivity index (χ4n) is 9.63. The molecule has 0 spiro atoms. The highest BCUT2D eigenvalue weighted by Crippen LogP contribution is 2.60. The Morgan fingerprint density at radius 1 is 0.283 bits per heavy atom. The van der Waals surface area contributed by atoms with Crippen LogP contribution in [0.2, 0.25) is 0 Å². The average Bonchev–Trinajstić information content (AvgIpc) is 3.64. The summed E-state index contributed by atoms with van der Waals surface area (Å²) in [6.45, 7) is 0. The van der Waals surface area contributed by atoms with E-state index in [2.05, 4.69) is 254 Å². The van der Waals surface area contributed by atoms with E-state index >= 15 is 0 Å². The zero-order valence-corrected chi connectivity index (χ0v) is 33.1. The van der Waals surface area contributed by atoms with E-state index in [1.54, 1.807) is 0 Å². The Labute approximate surface area is 352 Å². The number of hydrogen-bond donors (Lipinski definition) is 0. The molecule has 60 heavy (non-hydrogen) atoms. The number of rotatable bonds is 8. The lowest BCUT2D eigenvalue weighted by Crippen LogP contribution is -2.29. The van der Waals surface area contributed by atoms with Crippen LogP contribution >= 0.6 is 0 Å². The van der Waals surface area contributed by atoms with Gasteiger partial charge in [0.05, 0.1) is 11.1 Å². The molecule has 0 heterocycles. The number of anilines is 3. The van der Waals surface area contributed by atoms with Crippen molar-refractivity contribution in [3.8, 4) is 44.5 Å². The van der Waals surface area contributed by atoms with Crippen molar-refractivity contribution in [2.24, 2.45) is 0 Å². The number of benzene rings is 10. The summed E-state index contributed by atoms with van der Waals surface area (Å²) in [7, 11) is 0. The molecule has 0 radical (unpaired) electrons. The van der Waals surface area contributed by atoms with Gasteiger partial charge in [0.25, 0.3) is 0 Å². The molecule has 10 aromatic rings. The zero-order valence-electron chi connectivity index (χ0n) is 33.1. The van der Waals surface area contributed by atoms with Crippen molar-refractivity contribution in [2.45, 2.75) is 5.41 Å². The predicted molar refractivity (Wildman–Crippen MR) is 252 cm³/mol. The molecule has 11 rings (SSSR count). The summed E-state index contributed by atoms with van der Waals surface area (Å²) >= 11 is 0. The van der Waals surface area contributed by atoms with Gasteiger partial charge < -0.3 is 4.90 Å². The lowest BCUT2D eigenvalue weighted by molar-refractivity contribution is 0.775. The van der Waals surface area contributed by atoms with Crippen LogP contribution in [0.3, 0.4) is 0 Å². The lowest BCUT2D eigenvalue weighted by atomic mass is 9.66. The smallest absolute Gasteiger partial charge is 0.0719 e. The standard InChI is InChI=1S/C59H41N/c1-6-18-42(19-7-1)45-30-35-50(36-31-45)60(51-37-32-46(33-38-51)43-20-8-2-9-21-43)57-41-55-52-28-16-17-29-56(52)59(48-24-12-4-13-25-48,49-26-14-5-15-27-49)58(55)54-40-47(34-39-53(54)57)44-22-10-3-11-23-44/h1-41H. The van der Waals surface area contributed by atoms with Crippen LogP contribution in [-0.4, -0.2) is 0 Å². The Morgan fingerprint density at radius 2 is 0.683 bits per heavy atom. The van der Waals surface area contributed by atoms with Crippen molar-refractivity contribution in [3.63, 3.8) is 0 Å². The summed E-state index contributed by atoms with van der Waals surface area (Å²) < 4.78 is 0. The Hall–Kier alpha value is -7.74. The van der Waals surface area contributed by atoms with Gasteiger partial charge in [-0.05, 0) is 109 Å². The molecule has 0 fully saturated rings. The predicted octanol–water partition coefficient (Wildman–Crippen LogP) is 15.7. The minimum absolute atomic E-state index is 0.556. The van der Waals surface area contributed by atoms with Gasteiger partial charge in [-0.15, -0.1) is 0 Å². The van der Waals surface area contributed by atoms with Gasteiger partial charge in [-0.3, -0.25) is 0 Å². The van der Waals surface area contributed by atoms with Gasteiger partial charge in [0.2, 0.25) is 0 Å². The third-order valence-corrected chi connectivity index (χ3v) is 12.3. The Bertz CT molecular complexity index is 2960. The van der Waals surface area contributed by atoms with Crippen LogP contribution in [0, 0.1) is 0 Å². The molecule has 1 aliphatic rings. The van der Waals surface area contributed by atoms with E-state index in [4.69, 9.17) is 0 Å². The summed E-state index contributed by atoms with van der Waals surface area (Å²) in [5.74, 6) is 0. The Balaban J connectivity index is 1.23. The summed E-state index contributed by atoms with van der Waals surface area (Å²) in [5.41, 5.74) is 17.6. The summed E-state index contributed by atoms with van der Waals surface area (Å²) in [6.07, 6.45) is 0. The van der Waals surface area contributed by atoms with Crippen molar-refractivity contribution in [3.05, 3.63) is 271 Å². The molecular formula is C59H41N. The third kappa shape index (κ3) is 5.86. The van der Waals surface area contributed by atoms with E-state index in [1.807, 2.05) is 0 Å². The van der Waals surface area contributed by atoms with E-state index < -0.39 is 5.41 Å². The van der Waals surface area contributed by atoms with Crippen LogP contribution < -0.4 is 4.90 Å². The van der Waals surface area contributed by atoms with Crippen molar-refractivity contribution in [2.75, 3.05) is 4.90 Å². The van der Waals surface area contributed by atoms with Gasteiger partial charge in [-0.2, -0.15) is 0 Å². The van der Waals surface area contributed by atoms with Gasteiger partial charge in [0, 0.05) is 16.8 Å². The first kappa shape index (κ1) is 35.4. The van der Waals surface area contributed by atoms with Gasteiger partial charge >= 0.3 is 0 Å². The quantitative estimate of drug-likeness (QED) is 0.149. The molecule has 0 aliphatic heterocycles. The van der Waals surface area contributed by atoms with E-state index in [-0.39, 0.29) is 0 Å². The van der Waals surface area contributed by atoms with Crippen molar-refractivity contribution in [1.29, 1.82) is 0 Å². The topological polar surface area (TPSA) is 3.24 Å². The maximum atomic E-state index is 2.47. The van der Waals surface area contributed by atoms with Crippen LogP contribution in [-0.2, 0) is 5.41 Å². The second-order valence-corrected chi connectivity index (χ2v) is 15.6. The molecule has 1 nitrogen and oxygen atoms in total. The highest BCUT2D eigenvalue weighted by atomic mass is 15.1. The molecule has 0 amide bonds. The van der Waals surface area contributed by atoms with E-state index in [9.17, 15) is 0 Å². The van der Waals surface area contributed by atoms with E-state index in [1.165, 1.54) is 77.5 Å². The van der Waals surface area contributed by atoms with Gasteiger partial charge in [-0.1, -0.05) is 212 Å². The molecule has 0 aromatic heterocycles. The summed E-state index contributed by atoms with van der Waals surface area (Å²) in [4.78, 5) is 2.46. The van der Waals surface area contributed by atoms with Crippen LogP contribution in [0.25, 0.3) is 55.3 Å². The highest BCUT2D eigenvalue weighted by molar-refractivity contribution is 6.09. The van der Waals surface area contributed by atoms with E-state index in [0.717, 1.165) is 17.1 Å². The molecule has 1 aliphatic carbocycles. The maximum Gasteiger partial charge on any atom is 0.0719 e. The van der Waals surface area contributed by atoms with E-state index in [0.29, 0.717) is 0 Å². The van der Waals surface area contributed by atoms with Crippen LogP contribution in [0.5, 0.6) is 0 Å². The van der Waals surface area contributed by atoms with Crippen molar-refractivity contribution in [1.82, 2.24) is 0 Å². The first-order valence-electron chi connectivity index (χ1n) is 20.8. The zero-order chi connectivity index (χ0) is 39.9. The fourth-order valence-corrected chi connectivity index (χ4v) is 9.63. The summed E-state index contributed by atoms with van der Waals surface area (Å²) in [6, 6.07) is 91.1. The first-order valence-corrected chi connectivity index (χ1v) is 20.8. The normalized spacial score (nSPS) is 12.5. The second kappa shape index (κ2) is 14.9. The minimum atomic E-state index is -0.556. The number of hydrogen-bond acceptors (Lipinski definition) is 1. The van der Waals surface area contributed by atoms with Crippen molar-refractivity contribution < 1.29 is 0 Å². The van der Waals surface area contributed by atoms with Crippen molar-refractivity contribution >= 4 is 27.8 Å². The molecule has 1 heteroatoms. The number of nitrogens with zero attached hydrogens (tertiary/aromatic N) is 1. The van der Waals surface area contributed by atoms with Gasteiger partial charge in [0.1, 0.15) is 0 Å². The monoisotopic (exact) mass is 763 g/mol. The molecule has 0 unspecified atom stereocenters. The summed E-state index contributed by atoms with van der Waals surface area (Å²) in [5, 5.41) is 2.43. The SMILES string of the molecule is c1ccc(-c2ccc(N(c3ccc(-c4ccccc4)cc3)c3cc4c(c5cc(-c6ccccc6)ccc35)C(c3ccccc3)(c3ccccc3)c3ccccc3-4)cc2)cc1. The molecular weight excluding hydrogens is 723 g/mol. The molecule has 282 valence electrons. The molecule has 0 N–H and O–H groups in total. The molecule has 0 saturated carbocycles. The van der Waals surface area contributed by atoms with Crippen LogP contribution in [0.1, 0.15) is 22.3 Å². The first-order chi connectivity index (χ1) is 29.8. The molecule has 10 aromatic carbocycles. The third-order valence-electron chi connectivity index (χ3n) is 12.3. The molecule has 0 saturated heterocycles. The lowest BCUT2D eigenvalue weighted by Gasteiger charge is -2.35. The maximum absolute atomic E-state index is 2.47. The Morgan fingerprint density at radius 3 is 1.18 bits per heavy atom. The Kier molecular flexibility index (Phi) is 8.79. The molecule has 0 bridgehead atoms. The largest absolute Gasteiger partial charge is 0.310 e. The van der Waals surface area contributed by atoms with Crippen LogP contribution in [0.15, 0.2) is 249 Å². The average molecular weight is 764 g/mol. The second-order valence-electron chi connectivity index (χ2n) is 15.6.